The van der Waals surface area contributed by atoms with Gasteiger partial charge in [0, 0.05) is 23.3 Å². The van der Waals surface area contributed by atoms with Gasteiger partial charge in [0.25, 0.3) is 15.0 Å². The third-order valence-corrected chi connectivity index (χ3v) is 4.74. The fourth-order valence-corrected chi connectivity index (χ4v) is 3.40. The number of hydrogen-bond acceptors (Lipinski definition) is 3. The first-order valence-corrected chi connectivity index (χ1v) is 7.41. The Hall–Kier alpha value is -0.300. The van der Waals surface area contributed by atoms with Crippen molar-refractivity contribution >= 4 is 53.2 Å². The quantitative estimate of drug-likeness (QED) is 0.836. The molecule has 0 radical (unpaired) electrons. The molecule has 0 unspecified atom stereocenters. The summed E-state index contributed by atoms with van der Waals surface area (Å²) in [4.78, 5) is 11.1. The van der Waals surface area contributed by atoms with Crippen LogP contribution in [-0.4, -0.2) is 21.4 Å². The highest BCUT2D eigenvalue weighted by atomic mass is 79.9. The molecule has 4 nitrogen and oxygen atoms in total. The monoisotopic (exact) mass is 345 g/mol. The molecule has 1 aromatic rings. The lowest BCUT2D eigenvalue weighted by Crippen LogP contribution is -2.18. The average molecular weight is 347 g/mol. The topological polar surface area (TPSA) is 63.2 Å². The van der Waals surface area contributed by atoms with Crippen LogP contribution in [-0.2, 0) is 9.05 Å². The maximum Gasteiger partial charge on any atom is 0.262 e. The molecule has 0 heterocycles. The van der Waals surface area contributed by atoms with Gasteiger partial charge in [0.15, 0.2) is 0 Å². The van der Waals surface area contributed by atoms with Crippen LogP contribution in [0.15, 0.2) is 21.5 Å². The Morgan fingerprint density at radius 3 is 2.44 bits per heavy atom. The van der Waals surface area contributed by atoms with Crippen molar-refractivity contribution in [1.82, 2.24) is 5.32 Å². The van der Waals surface area contributed by atoms with Crippen molar-refractivity contribution in [3.63, 3.8) is 0 Å². The number of carbonyl (C=O) groups excluding carboxylic acids is 1. The Bertz CT molecular complexity index is 544. The van der Waals surface area contributed by atoms with E-state index in [1.165, 1.54) is 13.1 Å². The van der Waals surface area contributed by atoms with Crippen LogP contribution in [0.3, 0.4) is 0 Å². The van der Waals surface area contributed by atoms with E-state index in [1.807, 2.05) is 0 Å². The molecule has 1 rings (SSSR count). The second kappa shape index (κ2) is 4.91. The molecule has 16 heavy (non-hydrogen) atoms. The normalized spacial score (nSPS) is 11.2. The van der Waals surface area contributed by atoms with Gasteiger partial charge in [-0.25, -0.2) is 8.42 Å². The summed E-state index contributed by atoms with van der Waals surface area (Å²) in [7, 11) is 2.67. The molecule has 0 aliphatic rings. The van der Waals surface area contributed by atoms with Gasteiger partial charge in [-0.3, -0.25) is 4.79 Å². The lowest BCUT2D eigenvalue weighted by molar-refractivity contribution is 0.0963. The van der Waals surface area contributed by atoms with Crippen LogP contribution in [0.5, 0.6) is 0 Å². The van der Waals surface area contributed by atoms with E-state index in [4.69, 9.17) is 22.3 Å². The van der Waals surface area contributed by atoms with Gasteiger partial charge in [0.2, 0.25) is 0 Å². The van der Waals surface area contributed by atoms with Gasteiger partial charge in [-0.05, 0) is 28.1 Å². The Morgan fingerprint density at radius 2 is 2.00 bits per heavy atom. The zero-order chi connectivity index (χ0) is 12.5. The van der Waals surface area contributed by atoms with Crippen LogP contribution in [0.4, 0.5) is 0 Å². The molecule has 8 heteroatoms. The number of nitrogens with one attached hydrogen (secondary N) is 1. The van der Waals surface area contributed by atoms with E-state index in [-0.39, 0.29) is 20.0 Å². The largest absolute Gasteiger partial charge is 0.355 e. The minimum atomic E-state index is -3.96. The maximum atomic E-state index is 11.3. The van der Waals surface area contributed by atoms with Crippen molar-refractivity contribution in [2.45, 2.75) is 4.90 Å². The van der Waals surface area contributed by atoms with Gasteiger partial charge < -0.3 is 5.32 Å². The fourth-order valence-electron chi connectivity index (χ4n) is 1.02. The van der Waals surface area contributed by atoms with Gasteiger partial charge in [0.1, 0.15) is 0 Å². The highest BCUT2D eigenvalue weighted by Gasteiger charge is 2.19. The molecular formula is C8H6BrCl2NO3S. The number of benzene rings is 1. The number of rotatable bonds is 2. The molecule has 0 bridgehead atoms. The minimum absolute atomic E-state index is 0.0975. The van der Waals surface area contributed by atoms with Crippen LogP contribution in [0.1, 0.15) is 10.4 Å². The maximum absolute atomic E-state index is 11.3. The Balaban J connectivity index is 3.52. The summed E-state index contributed by atoms with van der Waals surface area (Å²) in [5, 5.41) is 2.45. The molecule has 0 saturated carbocycles. The highest BCUT2D eigenvalue weighted by Crippen LogP contribution is 2.33. The van der Waals surface area contributed by atoms with E-state index < -0.39 is 15.0 Å². The molecule has 0 saturated heterocycles. The van der Waals surface area contributed by atoms with Crippen molar-refractivity contribution in [2.75, 3.05) is 7.05 Å². The Labute approximate surface area is 110 Å². The molecule has 0 fully saturated rings. The number of halogens is 3. The van der Waals surface area contributed by atoms with Crippen LogP contribution < -0.4 is 5.32 Å². The summed E-state index contributed by atoms with van der Waals surface area (Å²) in [6.07, 6.45) is 0. The summed E-state index contributed by atoms with van der Waals surface area (Å²) in [5.41, 5.74) is 0.120. The highest BCUT2D eigenvalue weighted by molar-refractivity contribution is 9.10. The standard InChI is InChI=1S/C8H6BrCl2NO3S/c1-12-8(13)4-2-5(10)7(9)6(3-4)16(11,14)15/h2-3H,1H3,(H,12,13). The molecular weight excluding hydrogens is 341 g/mol. The van der Waals surface area contributed by atoms with E-state index in [0.29, 0.717) is 0 Å². The molecule has 1 aromatic carbocycles. The average Bonchev–Trinajstić information content (AvgIpc) is 2.18. The molecule has 1 N–H and O–H groups in total. The van der Waals surface area contributed by atoms with E-state index in [2.05, 4.69) is 21.2 Å². The van der Waals surface area contributed by atoms with Gasteiger partial charge in [0.05, 0.1) is 14.4 Å². The number of hydrogen-bond donors (Lipinski definition) is 1. The first-order chi connectivity index (χ1) is 7.27. The summed E-state index contributed by atoms with van der Waals surface area (Å²) in [5.74, 6) is -0.448. The second-order valence-corrected chi connectivity index (χ2v) is 6.52. The summed E-state index contributed by atoms with van der Waals surface area (Å²) in [6, 6.07) is 2.49. The SMILES string of the molecule is CNC(=O)c1cc(Cl)c(Br)c(S(=O)(=O)Cl)c1. The zero-order valence-corrected chi connectivity index (χ0v) is 11.8. The van der Waals surface area contributed by atoms with E-state index in [0.717, 1.165) is 6.07 Å². The van der Waals surface area contributed by atoms with E-state index in [9.17, 15) is 13.2 Å². The van der Waals surface area contributed by atoms with Crippen molar-refractivity contribution in [1.29, 1.82) is 0 Å². The van der Waals surface area contributed by atoms with Gasteiger partial charge in [-0.2, -0.15) is 0 Å². The van der Waals surface area contributed by atoms with Crippen molar-refractivity contribution in [2.24, 2.45) is 0 Å². The first kappa shape index (κ1) is 13.8. The fraction of sp³-hybridized carbons (Fsp3) is 0.125. The molecule has 0 atom stereocenters. The second-order valence-electron chi connectivity index (χ2n) is 2.79. The van der Waals surface area contributed by atoms with Crippen LogP contribution in [0, 0.1) is 0 Å². The molecule has 0 aliphatic carbocycles. The molecule has 88 valence electrons. The Kier molecular flexibility index (Phi) is 4.23. The lowest BCUT2D eigenvalue weighted by atomic mass is 10.2. The predicted molar refractivity (Wildman–Crippen MR) is 65.6 cm³/mol. The lowest BCUT2D eigenvalue weighted by Gasteiger charge is -2.06. The summed E-state index contributed by atoms with van der Waals surface area (Å²) < 4.78 is 22.6. The van der Waals surface area contributed by atoms with Crippen molar-refractivity contribution in [3.05, 3.63) is 27.2 Å². The number of amides is 1. The third kappa shape index (κ3) is 2.88. The molecule has 1 amide bonds. The van der Waals surface area contributed by atoms with Gasteiger partial charge in [-0.15, -0.1) is 0 Å². The van der Waals surface area contributed by atoms with Crippen molar-refractivity contribution in [3.8, 4) is 0 Å². The van der Waals surface area contributed by atoms with Crippen LogP contribution in [0.25, 0.3) is 0 Å². The molecule has 0 aliphatic heterocycles. The first-order valence-electron chi connectivity index (χ1n) is 3.93. The van der Waals surface area contributed by atoms with E-state index in [1.54, 1.807) is 0 Å². The smallest absolute Gasteiger partial charge is 0.262 e. The summed E-state index contributed by atoms with van der Waals surface area (Å²) in [6.45, 7) is 0. The van der Waals surface area contributed by atoms with Gasteiger partial charge >= 0.3 is 0 Å². The Morgan fingerprint density at radius 1 is 1.44 bits per heavy atom. The third-order valence-electron chi connectivity index (χ3n) is 1.75. The van der Waals surface area contributed by atoms with Crippen LogP contribution in [0.2, 0.25) is 5.02 Å². The molecule has 0 aromatic heterocycles. The van der Waals surface area contributed by atoms with Crippen LogP contribution >= 0.6 is 38.2 Å². The molecule has 0 spiro atoms. The number of carbonyl (C=O) groups is 1. The van der Waals surface area contributed by atoms with E-state index >= 15 is 0 Å². The van der Waals surface area contributed by atoms with Gasteiger partial charge in [-0.1, -0.05) is 11.6 Å². The van der Waals surface area contributed by atoms with Crippen molar-refractivity contribution < 1.29 is 13.2 Å². The zero-order valence-electron chi connectivity index (χ0n) is 7.92. The predicted octanol–water partition coefficient (Wildman–Crippen LogP) is 2.39. The minimum Gasteiger partial charge on any atom is -0.355 e. The summed E-state index contributed by atoms with van der Waals surface area (Å²) >= 11 is 8.77.